The molecule has 1 aromatic carbocycles. The molecule has 0 aliphatic rings. The van der Waals surface area contributed by atoms with Crippen LogP contribution in [0.3, 0.4) is 0 Å². The Kier molecular flexibility index (Phi) is 3.21. The number of rotatable bonds is 3. The predicted octanol–water partition coefficient (Wildman–Crippen LogP) is 2.40. The van der Waals surface area contributed by atoms with Gasteiger partial charge < -0.3 is 10.4 Å². The van der Waals surface area contributed by atoms with Gasteiger partial charge in [-0.3, -0.25) is 0 Å². The Morgan fingerprint density at radius 1 is 1.22 bits per heavy atom. The maximum Gasteiger partial charge on any atom is 0.337 e. The van der Waals surface area contributed by atoms with Crippen LogP contribution in [0.2, 0.25) is 0 Å². The molecule has 0 amide bonds. The summed E-state index contributed by atoms with van der Waals surface area (Å²) in [6, 6.07) is 12.0. The number of hydrogen-bond acceptors (Lipinski definition) is 4. The monoisotopic (exact) mass is 239 g/mol. The summed E-state index contributed by atoms with van der Waals surface area (Å²) in [5, 5.41) is 20.4. The van der Waals surface area contributed by atoms with Crippen molar-refractivity contribution in [2.75, 3.05) is 5.32 Å². The Morgan fingerprint density at radius 3 is 2.44 bits per heavy atom. The van der Waals surface area contributed by atoms with E-state index in [1.54, 1.807) is 30.3 Å². The maximum absolute atomic E-state index is 10.7. The van der Waals surface area contributed by atoms with Crippen molar-refractivity contribution in [3.05, 3.63) is 53.7 Å². The second-order valence-corrected chi connectivity index (χ2v) is 3.55. The minimum atomic E-state index is -1.01. The zero-order chi connectivity index (χ0) is 13.0. The Morgan fingerprint density at radius 2 is 1.94 bits per heavy atom. The number of anilines is 2. The fourth-order valence-corrected chi connectivity index (χ4v) is 1.37. The van der Waals surface area contributed by atoms with Crippen molar-refractivity contribution in [1.82, 2.24) is 4.98 Å². The van der Waals surface area contributed by atoms with Crippen LogP contribution in [-0.4, -0.2) is 16.1 Å². The van der Waals surface area contributed by atoms with Gasteiger partial charge in [0.05, 0.1) is 17.2 Å². The van der Waals surface area contributed by atoms with E-state index in [1.165, 1.54) is 12.3 Å². The number of nitriles is 1. The highest BCUT2D eigenvalue weighted by molar-refractivity contribution is 5.87. The van der Waals surface area contributed by atoms with Crippen LogP contribution < -0.4 is 5.32 Å². The average molecular weight is 239 g/mol. The van der Waals surface area contributed by atoms with Crippen LogP contribution in [0.5, 0.6) is 0 Å². The first-order valence-electron chi connectivity index (χ1n) is 5.15. The first kappa shape index (κ1) is 11.6. The molecule has 1 heterocycles. The van der Waals surface area contributed by atoms with E-state index in [-0.39, 0.29) is 5.56 Å². The van der Waals surface area contributed by atoms with E-state index in [0.29, 0.717) is 11.4 Å². The van der Waals surface area contributed by atoms with Crippen molar-refractivity contribution >= 4 is 17.5 Å². The lowest BCUT2D eigenvalue weighted by molar-refractivity contribution is 0.0696. The highest BCUT2D eigenvalue weighted by Gasteiger charge is 2.02. The van der Waals surface area contributed by atoms with E-state index >= 15 is 0 Å². The molecule has 88 valence electrons. The molecule has 2 aromatic rings. The number of aromatic carboxylic acids is 1. The van der Waals surface area contributed by atoms with Gasteiger partial charge in [-0.2, -0.15) is 5.26 Å². The Balaban J connectivity index is 2.13. The summed E-state index contributed by atoms with van der Waals surface area (Å²) in [6.07, 6.45) is 1.29. The molecule has 2 rings (SSSR count). The van der Waals surface area contributed by atoms with Crippen LogP contribution in [0, 0.1) is 11.3 Å². The minimum absolute atomic E-state index is 0.139. The smallest absolute Gasteiger partial charge is 0.337 e. The maximum atomic E-state index is 10.7. The first-order chi connectivity index (χ1) is 8.69. The summed E-state index contributed by atoms with van der Waals surface area (Å²) in [5.74, 6) is -0.461. The van der Waals surface area contributed by atoms with Gasteiger partial charge in [0.2, 0.25) is 0 Å². The zero-order valence-corrected chi connectivity index (χ0v) is 9.29. The van der Waals surface area contributed by atoms with Crippen LogP contribution in [-0.2, 0) is 0 Å². The Labute approximate surface area is 103 Å². The zero-order valence-electron chi connectivity index (χ0n) is 9.29. The molecule has 0 spiro atoms. The summed E-state index contributed by atoms with van der Waals surface area (Å²) in [7, 11) is 0. The quantitative estimate of drug-likeness (QED) is 0.858. The summed E-state index contributed by atoms with van der Waals surface area (Å²) >= 11 is 0. The molecule has 0 saturated heterocycles. The summed E-state index contributed by atoms with van der Waals surface area (Å²) in [6.45, 7) is 0. The number of benzene rings is 1. The van der Waals surface area contributed by atoms with Crippen molar-refractivity contribution in [3.63, 3.8) is 0 Å². The normalized spacial score (nSPS) is 9.50. The van der Waals surface area contributed by atoms with Crippen molar-refractivity contribution in [3.8, 4) is 6.07 Å². The molecule has 2 N–H and O–H groups in total. The van der Waals surface area contributed by atoms with Gasteiger partial charge in [0, 0.05) is 11.9 Å². The third-order valence-corrected chi connectivity index (χ3v) is 2.30. The van der Waals surface area contributed by atoms with Gasteiger partial charge in [0.1, 0.15) is 5.82 Å². The molecule has 0 bridgehead atoms. The molecular formula is C13H9N3O2. The van der Waals surface area contributed by atoms with Crippen LogP contribution in [0.1, 0.15) is 15.9 Å². The third kappa shape index (κ3) is 2.62. The summed E-state index contributed by atoms with van der Waals surface area (Å²) in [5.41, 5.74) is 1.50. The summed E-state index contributed by atoms with van der Waals surface area (Å²) in [4.78, 5) is 14.6. The van der Waals surface area contributed by atoms with Crippen molar-refractivity contribution < 1.29 is 9.90 Å². The lowest BCUT2D eigenvalue weighted by Crippen LogP contribution is -1.99. The topological polar surface area (TPSA) is 86.0 Å². The van der Waals surface area contributed by atoms with E-state index in [9.17, 15) is 4.79 Å². The SMILES string of the molecule is N#Cc1ccc(Nc2ccc(C(=O)O)cn2)cc1. The molecular weight excluding hydrogens is 230 g/mol. The Hall–Kier alpha value is -2.87. The average Bonchev–Trinajstić information content (AvgIpc) is 2.40. The highest BCUT2D eigenvalue weighted by Crippen LogP contribution is 2.15. The molecule has 1 aromatic heterocycles. The minimum Gasteiger partial charge on any atom is -0.478 e. The molecule has 0 fully saturated rings. The van der Waals surface area contributed by atoms with Gasteiger partial charge in [0.15, 0.2) is 0 Å². The number of carboxylic acids is 1. The molecule has 0 atom stereocenters. The molecule has 5 heteroatoms. The molecule has 18 heavy (non-hydrogen) atoms. The molecule has 0 aliphatic heterocycles. The number of nitrogens with zero attached hydrogens (tertiary/aromatic N) is 2. The standard InChI is InChI=1S/C13H9N3O2/c14-7-9-1-4-11(5-2-9)16-12-6-3-10(8-15-12)13(17)18/h1-6,8H,(H,15,16)(H,17,18). The second kappa shape index (κ2) is 4.97. The number of nitrogens with one attached hydrogen (secondary N) is 1. The number of carboxylic acid groups (broad SMARTS) is 1. The number of pyridine rings is 1. The molecule has 0 unspecified atom stereocenters. The third-order valence-electron chi connectivity index (χ3n) is 2.30. The molecule has 5 nitrogen and oxygen atoms in total. The lowest BCUT2D eigenvalue weighted by Gasteiger charge is -2.05. The van der Waals surface area contributed by atoms with Gasteiger partial charge in [-0.05, 0) is 36.4 Å². The number of carbonyl (C=O) groups is 1. The van der Waals surface area contributed by atoms with E-state index in [0.717, 1.165) is 5.69 Å². The van der Waals surface area contributed by atoms with Gasteiger partial charge >= 0.3 is 5.97 Å². The Bertz CT molecular complexity index is 598. The fourth-order valence-electron chi connectivity index (χ4n) is 1.37. The summed E-state index contributed by atoms with van der Waals surface area (Å²) < 4.78 is 0. The predicted molar refractivity (Wildman–Crippen MR) is 65.6 cm³/mol. The van der Waals surface area contributed by atoms with E-state index in [1.807, 2.05) is 6.07 Å². The number of hydrogen-bond donors (Lipinski definition) is 2. The van der Waals surface area contributed by atoms with Gasteiger partial charge in [-0.15, -0.1) is 0 Å². The van der Waals surface area contributed by atoms with Crippen LogP contribution in [0.15, 0.2) is 42.6 Å². The second-order valence-electron chi connectivity index (χ2n) is 3.55. The van der Waals surface area contributed by atoms with Crippen molar-refractivity contribution in [2.45, 2.75) is 0 Å². The molecule has 0 saturated carbocycles. The van der Waals surface area contributed by atoms with Gasteiger partial charge in [-0.25, -0.2) is 9.78 Å². The first-order valence-corrected chi connectivity index (χ1v) is 5.15. The van der Waals surface area contributed by atoms with Gasteiger partial charge in [0.25, 0.3) is 0 Å². The van der Waals surface area contributed by atoms with Crippen LogP contribution >= 0.6 is 0 Å². The largest absolute Gasteiger partial charge is 0.478 e. The van der Waals surface area contributed by atoms with Crippen molar-refractivity contribution in [1.29, 1.82) is 5.26 Å². The molecule has 0 radical (unpaired) electrons. The van der Waals surface area contributed by atoms with E-state index < -0.39 is 5.97 Å². The molecule has 0 aliphatic carbocycles. The highest BCUT2D eigenvalue weighted by atomic mass is 16.4. The van der Waals surface area contributed by atoms with Crippen LogP contribution in [0.25, 0.3) is 0 Å². The number of aromatic nitrogens is 1. The lowest BCUT2D eigenvalue weighted by atomic mass is 10.2. The van der Waals surface area contributed by atoms with E-state index in [2.05, 4.69) is 10.3 Å². The fraction of sp³-hybridized carbons (Fsp3) is 0. The van der Waals surface area contributed by atoms with Gasteiger partial charge in [-0.1, -0.05) is 0 Å². The van der Waals surface area contributed by atoms with Crippen LogP contribution in [0.4, 0.5) is 11.5 Å². The van der Waals surface area contributed by atoms with E-state index in [4.69, 9.17) is 10.4 Å². The van der Waals surface area contributed by atoms with Crippen molar-refractivity contribution in [2.24, 2.45) is 0 Å².